The van der Waals surface area contributed by atoms with Crippen molar-refractivity contribution >= 4 is 21.8 Å². The van der Waals surface area contributed by atoms with Gasteiger partial charge in [-0.3, -0.25) is 19.6 Å². The number of amides is 2. The number of piperazine rings is 1. The summed E-state index contributed by atoms with van der Waals surface area (Å²) in [6.45, 7) is 0.113. The number of hydrogen-bond acceptors (Lipinski definition) is 5. The molecule has 0 aromatic heterocycles. The summed E-state index contributed by atoms with van der Waals surface area (Å²) in [6, 6.07) is -0.692. The molecule has 1 aliphatic rings. The highest BCUT2D eigenvalue weighted by Gasteiger charge is 2.25. The van der Waals surface area contributed by atoms with Gasteiger partial charge in [0.2, 0.25) is 15.9 Å². The van der Waals surface area contributed by atoms with E-state index in [1.54, 1.807) is 0 Å². The summed E-state index contributed by atoms with van der Waals surface area (Å²) in [6.07, 6.45) is 0.895. The van der Waals surface area contributed by atoms with E-state index in [1.165, 1.54) is 0 Å². The molecule has 7 nitrogen and oxygen atoms in total. The summed E-state index contributed by atoms with van der Waals surface area (Å²) in [7, 11) is -3.54. The van der Waals surface area contributed by atoms with Crippen molar-refractivity contribution in [3.63, 3.8) is 0 Å². The zero-order valence-corrected chi connectivity index (χ0v) is 8.35. The third kappa shape index (κ3) is 3.30. The molecule has 0 aromatic carbocycles. The summed E-state index contributed by atoms with van der Waals surface area (Å²) in [5.74, 6) is -0.874. The van der Waals surface area contributed by atoms with Crippen LogP contribution < -0.4 is 15.4 Å². The van der Waals surface area contributed by atoms with Gasteiger partial charge < -0.3 is 5.32 Å². The average Bonchev–Trinajstić information content (AvgIpc) is 2.02. The smallest absolute Gasteiger partial charge is 0.252 e. The average molecular weight is 221 g/mol. The normalized spacial score (nSPS) is 22.6. The number of carbonyl (C=O) groups excluding carboxylic acids is 2. The summed E-state index contributed by atoms with van der Waals surface area (Å²) in [5.41, 5.74) is 0. The van der Waals surface area contributed by atoms with Crippen molar-refractivity contribution in [1.29, 1.82) is 0 Å². The molecule has 1 aliphatic heterocycles. The van der Waals surface area contributed by atoms with Crippen molar-refractivity contribution in [2.45, 2.75) is 6.04 Å². The Morgan fingerprint density at radius 2 is 2.21 bits per heavy atom. The zero-order valence-electron chi connectivity index (χ0n) is 7.53. The number of nitrogens with one attached hydrogen (secondary N) is 3. The Balaban J connectivity index is 2.50. The highest BCUT2D eigenvalue weighted by Crippen LogP contribution is 1.89. The van der Waals surface area contributed by atoms with Crippen LogP contribution in [0.4, 0.5) is 0 Å². The molecule has 1 atom stereocenters. The summed E-state index contributed by atoms with van der Waals surface area (Å²) in [4.78, 5) is 21.9. The quantitative estimate of drug-likeness (QED) is 0.465. The van der Waals surface area contributed by atoms with Gasteiger partial charge in [0.15, 0.2) is 0 Å². The molecule has 0 aliphatic carbocycles. The SMILES string of the molecule is CS(=O)(=O)NC(=O)C1CNC(=O)CN1. The van der Waals surface area contributed by atoms with Gasteiger partial charge in [-0.2, -0.15) is 0 Å². The lowest BCUT2D eigenvalue weighted by Gasteiger charge is -2.22. The lowest BCUT2D eigenvalue weighted by molar-refractivity contribution is -0.125. The maximum absolute atomic E-state index is 11.2. The van der Waals surface area contributed by atoms with Crippen molar-refractivity contribution in [1.82, 2.24) is 15.4 Å². The minimum absolute atomic E-state index is 0.0157. The number of rotatable bonds is 2. The van der Waals surface area contributed by atoms with Crippen LogP contribution in [0.3, 0.4) is 0 Å². The van der Waals surface area contributed by atoms with E-state index in [1.807, 2.05) is 4.72 Å². The van der Waals surface area contributed by atoms with E-state index in [9.17, 15) is 18.0 Å². The molecule has 0 spiro atoms. The van der Waals surface area contributed by atoms with E-state index >= 15 is 0 Å². The van der Waals surface area contributed by atoms with E-state index in [4.69, 9.17) is 0 Å². The van der Waals surface area contributed by atoms with Gasteiger partial charge in [-0.1, -0.05) is 0 Å². The molecule has 1 rings (SSSR count). The van der Waals surface area contributed by atoms with Gasteiger partial charge in [0.1, 0.15) is 6.04 Å². The molecular formula is C6H11N3O4S. The molecule has 0 saturated carbocycles. The number of carbonyl (C=O) groups is 2. The Bertz CT molecular complexity index is 340. The predicted molar refractivity (Wildman–Crippen MR) is 47.8 cm³/mol. The Morgan fingerprint density at radius 3 is 2.64 bits per heavy atom. The molecule has 0 bridgehead atoms. The second kappa shape index (κ2) is 3.93. The van der Waals surface area contributed by atoms with Crippen molar-refractivity contribution < 1.29 is 18.0 Å². The van der Waals surface area contributed by atoms with Crippen LogP contribution in [0.25, 0.3) is 0 Å². The second-order valence-electron chi connectivity index (χ2n) is 2.98. The van der Waals surface area contributed by atoms with E-state index in [0.717, 1.165) is 6.26 Å². The Kier molecular flexibility index (Phi) is 3.06. The first-order valence-electron chi connectivity index (χ1n) is 3.90. The van der Waals surface area contributed by atoms with Crippen LogP contribution in [-0.2, 0) is 19.6 Å². The molecule has 8 heteroatoms. The van der Waals surface area contributed by atoms with Gasteiger partial charge in [0.05, 0.1) is 12.8 Å². The summed E-state index contributed by atoms with van der Waals surface area (Å²) >= 11 is 0. The van der Waals surface area contributed by atoms with Gasteiger partial charge in [0, 0.05) is 6.54 Å². The fourth-order valence-corrected chi connectivity index (χ4v) is 1.51. The molecule has 1 fully saturated rings. The Labute approximate surface area is 81.3 Å². The summed E-state index contributed by atoms with van der Waals surface area (Å²) < 4.78 is 23.2. The molecule has 2 amide bonds. The second-order valence-corrected chi connectivity index (χ2v) is 4.72. The molecule has 0 aromatic rings. The monoisotopic (exact) mass is 221 g/mol. The van der Waals surface area contributed by atoms with E-state index in [0.29, 0.717) is 0 Å². The van der Waals surface area contributed by atoms with Gasteiger partial charge in [-0.25, -0.2) is 8.42 Å². The van der Waals surface area contributed by atoms with Gasteiger partial charge >= 0.3 is 0 Å². The highest BCUT2D eigenvalue weighted by molar-refractivity contribution is 7.89. The fourth-order valence-electron chi connectivity index (χ4n) is 1.01. The first kappa shape index (κ1) is 10.9. The topological polar surface area (TPSA) is 104 Å². The molecule has 1 unspecified atom stereocenters. The lowest BCUT2D eigenvalue weighted by Crippen LogP contribution is -2.58. The van der Waals surface area contributed by atoms with Crippen molar-refractivity contribution in [3.8, 4) is 0 Å². The first-order valence-corrected chi connectivity index (χ1v) is 5.79. The fraction of sp³-hybridized carbons (Fsp3) is 0.667. The molecule has 0 radical (unpaired) electrons. The maximum Gasteiger partial charge on any atom is 0.252 e. The Hall–Kier alpha value is -1.15. The first-order chi connectivity index (χ1) is 6.38. The van der Waals surface area contributed by atoms with Crippen molar-refractivity contribution in [2.75, 3.05) is 19.3 Å². The largest absolute Gasteiger partial charge is 0.353 e. The maximum atomic E-state index is 11.2. The number of sulfonamides is 1. The molecule has 3 N–H and O–H groups in total. The van der Waals surface area contributed by atoms with Crippen molar-refractivity contribution in [3.05, 3.63) is 0 Å². The number of hydrogen-bond donors (Lipinski definition) is 3. The van der Waals surface area contributed by atoms with Crippen LogP contribution in [0.2, 0.25) is 0 Å². The van der Waals surface area contributed by atoms with Crippen molar-refractivity contribution in [2.24, 2.45) is 0 Å². The van der Waals surface area contributed by atoms with E-state index in [-0.39, 0.29) is 19.0 Å². The molecular weight excluding hydrogens is 210 g/mol. The van der Waals surface area contributed by atoms with Gasteiger partial charge in [-0.15, -0.1) is 0 Å². The standard InChI is InChI=1S/C6H11N3O4S/c1-14(12,13)9-6(11)4-2-8-5(10)3-7-4/h4,7H,2-3H2,1H3,(H,8,10)(H,9,11). The van der Waals surface area contributed by atoms with Crippen LogP contribution in [0, 0.1) is 0 Å². The van der Waals surface area contributed by atoms with Crippen LogP contribution in [0.15, 0.2) is 0 Å². The predicted octanol–water partition coefficient (Wildman–Crippen LogP) is -2.85. The van der Waals surface area contributed by atoms with E-state index in [2.05, 4.69) is 10.6 Å². The van der Waals surface area contributed by atoms with Crippen LogP contribution in [0.1, 0.15) is 0 Å². The molecule has 80 valence electrons. The van der Waals surface area contributed by atoms with Crippen LogP contribution >= 0.6 is 0 Å². The zero-order chi connectivity index (χ0) is 10.8. The molecule has 14 heavy (non-hydrogen) atoms. The van der Waals surface area contributed by atoms with Gasteiger partial charge in [0.25, 0.3) is 5.91 Å². The van der Waals surface area contributed by atoms with Gasteiger partial charge in [-0.05, 0) is 0 Å². The third-order valence-corrected chi connectivity index (χ3v) is 2.19. The lowest BCUT2D eigenvalue weighted by atomic mass is 10.2. The van der Waals surface area contributed by atoms with Crippen LogP contribution in [0.5, 0.6) is 0 Å². The van der Waals surface area contributed by atoms with Crippen LogP contribution in [-0.4, -0.2) is 45.6 Å². The third-order valence-electron chi connectivity index (χ3n) is 1.61. The van der Waals surface area contributed by atoms with E-state index < -0.39 is 22.0 Å². The molecule has 1 saturated heterocycles. The molecule has 1 heterocycles. The Morgan fingerprint density at radius 1 is 1.57 bits per heavy atom. The minimum atomic E-state index is -3.54. The minimum Gasteiger partial charge on any atom is -0.353 e. The highest BCUT2D eigenvalue weighted by atomic mass is 32.2. The summed E-state index contributed by atoms with van der Waals surface area (Å²) in [5, 5.41) is 5.04.